The number of amides is 1. The number of carboxylic acids is 1. The molecule has 0 aliphatic rings. The highest BCUT2D eigenvalue weighted by molar-refractivity contribution is 5.94. The van der Waals surface area contributed by atoms with E-state index in [0.29, 0.717) is 18.4 Å². The van der Waals surface area contributed by atoms with Crippen molar-refractivity contribution in [1.29, 1.82) is 0 Å². The molecule has 1 heterocycles. The number of ether oxygens (including phenoxy) is 1. The molecule has 10 heteroatoms. The van der Waals surface area contributed by atoms with Crippen molar-refractivity contribution in [2.24, 2.45) is 0 Å². The van der Waals surface area contributed by atoms with E-state index in [0.717, 1.165) is 27.9 Å². The number of rotatable bonds is 10. The Morgan fingerprint density at radius 2 is 1.66 bits per heavy atom. The summed E-state index contributed by atoms with van der Waals surface area (Å²) in [4.78, 5) is 22.8. The summed E-state index contributed by atoms with van der Waals surface area (Å²) in [7, 11) is 0. The molecule has 4 aromatic rings. The molecular weight excluding hydrogens is 499 g/mol. The molecule has 0 saturated heterocycles. The van der Waals surface area contributed by atoms with E-state index in [1.165, 1.54) is 12.1 Å². The molecule has 0 saturated carbocycles. The van der Waals surface area contributed by atoms with Crippen LogP contribution >= 0.6 is 0 Å². The molecule has 0 bridgehead atoms. The Morgan fingerprint density at radius 3 is 2.29 bits per heavy atom. The highest BCUT2D eigenvalue weighted by Crippen LogP contribution is 2.29. The molecule has 0 unspecified atom stereocenters. The summed E-state index contributed by atoms with van der Waals surface area (Å²) >= 11 is 0. The van der Waals surface area contributed by atoms with Gasteiger partial charge in [-0.1, -0.05) is 30.3 Å². The van der Waals surface area contributed by atoms with E-state index >= 15 is 0 Å². The van der Waals surface area contributed by atoms with Crippen LogP contribution < -0.4 is 10.1 Å². The number of aromatic nitrogens is 2. The van der Waals surface area contributed by atoms with Crippen molar-refractivity contribution in [1.82, 2.24) is 15.1 Å². The summed E-state index contributed by atoms with van der Waals surface area (Å²) in [6, 6.07) is 20.4. The Labute approximate surface area is 216 Å². The average molecular weight is 524 g/mol. The Hall–Kier alpha value is -4.60. The van der Waals surface area contributed by atoms with Crippen LogP contribution in [0.2, 0.25) is 0 Å². The Morgan fingerprint density at radius 1 is 0.947 bits per heavy atom. The Bertz CT molecular complexity index is 1380. The minimum absolute atomic E-state index is 0.0561. The van der Waals surface area contributed by atoms with Crippen LogP contribution in [0, 0.1) is 0 Å². The smallest absolute Gasteiger partial charge is 0.481 e. The van der Waals surface area contributed by atoms with Gasteiger partial charge >= 0.3 is 12.3 Å². The molecule has 0 aliphatic heterocycles. The number of hydrogen-bond acceptors (Lipinski definition) is 4. The van der Waals surface area contributed by atoms with Crippen LogP contribution in [0.3, 0.4) is 0 Å². The van der Waals surface area contributed by atoms with Crippen LogP contribution in [-0.2, 0) is 17.6 Å². The Kier molecular flexibility index (Phi) is 8.10. The van der Waals surface area contributed by atoms with E-state index in [1.54, 1.807) is 35.1 Å². The number of halogens is 3. The predicted molar refractivity (Wildman–Crippen MR) is 134 cm³/mol. The van der Waals surface area contributed by atoms with Gasteiger partial charge in [0.25, 0.3) is 5.91 Å². The Balaban J connectivity index is 1.50. The van der Waals surface area contributed by atoms with Crippen LogP contribution in [0.4, 0.5) is 13.2 Å². The average Bonchev–Trinajstić information content (AvgIpc) is 3.42. The highest BCUT2D eigenvalue weighted by Gasteiger charge is 2.31. The summed E-state index contributed by atoms with van der Waals surface area (Å²) in [6.07, 6.45) is -0.0777. The van der Waals surface area contributed by atoms with Crippen LogP contribution in [0.25, 0.3) is 16.8 Å². The molecule has 38 heavy (non-hydrogen) atoms. The van der Waals surface area contributed by atoms with E-state index in [2.05, 4.69) is 15.2 Å². The third-order valence-electron chi connectivity index (χ3n) is 5.78. The minimum atomic E-state index is -4.75. The van der Waals surface area contributed by atoms with Crippen LogP contribution in [0.5, 0.6) is 5.75 Å². The largest absolute Gasteiger partial charge is 0.573 e. The highest BCUT2D eigenvalue weighted by atomic mass is 19.4. The molecule has 7 nitrogen and oxygen atoms in total. The molecule has 2 N–H and O–H groups in total. The van der Waals surface area contributed by atoms with Gasteiger partial charge in [0, 0.05) is 24.5 Å². The zero-order valence-corrected chi connectivity index (χ0v) is 20.1. The fourth-order valence-electron chi connectivity index (χ4n) is 3.94. The maximum absolute atomic E-state index is 12.5. The molecular formula is C28H24F3N3O4. The third kappa shape index (κ3) is 7.22. The summed E-state index contributed by atoms with van der Waals surface area (Å²) in [5.41, 5.74) is 4.88. The molecule has 0 radical (unpaired) electrons. The maximum atomic E-state index is 12.5. The lowest BCUT2D eigenvalue weighted by atomic mass is 9.97. The summed E-state index contributed by atoms with van der Waals surface area (Å²) < 4.78 is 43.2. The van der Waals surface area contributed by atoms with E-state index in [-0.39, 0.29) is 24.6 Å². The molecule has 3 aromatic carbocycles. The first-order valence-corrected chi connectivity index (χ1v) is 11.8. The van der Waals surface area contributed by atoms with Crippen molar-refractivity contribution in [2.45, 2.75) is 25.6 Å². The van der Waals surface area contributed by atoms with Crippen LogP contribution in [-0.4, -0.2) is 39.7 Å². The molecule has 0 aliphatic carbocycles. The molecule has 0 atom stereocenters. The predicted octanol–water partition coefficient (Wildman–Crippen LogP) is 5.43. The van der Waals surface area contributed by atoms with Gasteiger partial charge in [0.05, 0.1) is 12.1 Å². The number of alkyl halides is 3. The number of carbonyl (C=O) groups excluding carboxylic acids is 1. The number of carbonyl (C=O) groups is 2. The molecule has 196 valence electrons. The second-order valence-corrected chi connectivity index (χ2v) is 8.46. The quantitative estimate of drug-likeness (QED) is 0.289. The lowest BCUT2D eigenvalue weighted by Gasteiger charge is -2.14. The summed E-state index contributed by atoms with van der Waals surface area (Å²) in [5, 5.41) is 15.6. The lowest BCUT2D eigenvalue weighted by molar-refractivity contribution is -0.274. The van der Waals surface area contributed by atoms with Crippen LogP contribution in [0.1, 0.15) is 27.9 Å². The molecule has 1 aromatic heterocycles. The van der Waals surface area contributed by atoms with E-state index in [9.17, 15) is 22.8 Å². The normalized spacial score (nSPS) is 11.2. The third-order valence-corrected chi connectivity index (χ3v) is 5.78. The van der Waals surface area contributed by atoms with E-state index in [4.69, 9.17) is 5.11 Å². The fourth-order valence-corrected chi connectivity index (χ4v) is 3.94. The molecule has 1 amide bonds. The van der Waals surface area contributed by atoms with Gasteiger partial charge in [-0.2, -0.15) is 5.10 Å². The van der Waals surface area contributed by atoms with Crippen LogP contribution in [0.15, 0.2) is 85.2 Å². The van der Waals surface area contributed by atoms with Crippen molar-refractivity contribution in [3.63, 3.8) is 0 Å². The fraction of sp³-hybridized carbons (Fsp3) is 0.179. The number of carboxylic acid groups (broad SMARTS) is 1. The van der Waals surface area contributed by atoms with Crippen molar-refractivity contribution < 1.29 is 32.6 Å². The molecule has 4 rings (SSSR count). The topological polar surface area (TPSA) is 93.5 Å². The van der Waals surface area contributed by atoms with Gasteiger partial charge in [0.1, 0.15) is 5.75 Å². The van der Waals surface area contributed by atoms with E-state index < -0.39 is 12.3 Å². The second-order valence-electron chi connectivity index (χ2n) is 8.46. The van der Waals surface area contributed by atoms with Crippen molar-refractivity contribution in [3.05, 3.63) is 102 Å². The number of aryl methyl sites for hydroxylation is 2. The van der Waals surface area contributed by atoms with Crippen molar-refractivity contribution in [2.75, 3.05) is 6.54 Å². The number of nitrogens with one attached hydrogen (secondary N) is 1. The maximum Gasteiger partial charge on any atom is 0.573 e. The first kappa shape index (κ1) is 26.5. The zero-order chi connectivity index (χ0) is 27.1. The number of aliphatic carboxylic acids is 1. The summed E-state index contributed by atoms with van der Waals surface area (Å²) in [6.45, 7) is 0.0561. The van der Waals surface area contributed by atoms with Gasteiger partial charge in [0.2, 0.25) is 0 Å². The molecule has 0 fully saturated rings. The number of nitrogens with zero attached hydrogens (tertiary/aromatic N) is 2. The second kappa shape index (κ2) is 11.6. The number of hydrogen-bond donors (Lipinski definition) is 2. The van der Waals surface area contributed by atoms with E-state index in [1.807, 2.05) is 42.6 Å². The van der Waals surface area contributed by atoms with Gasteiger partial charge in [-0.15, -0.1) is 13.2 Å². The minimum Gasteiger partial charge on any atom is -0.481 e. The number of benzene rings is 3. The SMILES string of the molecule is O=C(O)CCNC(=O)c1ccc(CCc2cc(-c3ccc(OC(F)(F)F)cc3)ccc2-n2cccn2)cc1. The summed E-state index contributed by atoms with van der Waals surface area (Å²) in [5.74, 6) is -1.60. The lowest BCUT2D eigenvalue weighted by Crippen LogP contribution is -2.25. The zero-order valence-electron chi connectivity index (χ0n) is 20.1. The standard InChI is InChI=1S/C28H24F3N3O4/c29-28(30,31)38-24-11-8-20(9-12-24)22-10-13-25(34-17-1-15-33-34)23(18-22)7-4-19-2-5-21(6-3-19)27(37)32-16-14-26(35)36/h1-3,5-6,8-13,15,17-18H,4,7,14,16H2,(H,32,37)(H,35,36). The van der Waals surface area contributed by atoms with Gasteiger partial charge in [-0.25, -0.2) is 4.68 Å². The van der Waals surface area contributed by atoms with Crippen molar-refractivity contribution in [3.8, 4) is 22.6 Å². The first-order valence-electron chi connectivity index (χ1n) is 11.8. The van der Waals surface area contributed by atoms with Gasteiger partial charge in [-0.3, -0.25) is 9.59 Å². The van der Waals surface area contributed by atoms with Gasteiger partial charge < -0.3 is 15.2 Å². The first-order chi connectivity index (χ1) is 18.2. The van der Waals surface area contributed by atoms with Gasteiger partial charge in [-0.05, 0) is 77.6 Å². The van der Waals surface area contributed by atoms with Gasteiger partial charge in [0.15, 0.2) is 0 Å². The van der Waals surface area contributed by atoms with Crippen molar-refractivity contribution >= 4 is 11.9 Å². The molecule has 0 spiro atoms. The monoisotopic (exact) mass is 523 g/mol.